The molecule has 1 unspecified atom stereocenters. The lowest BCUT2D eigenvalue weighted by Gasteiger charge is -2.21. The van der Waals surface area contributed by atoms with E-state index in [0.29, 0.717) is 18.3 Å². The van der Waals surface area contributed by atoms with Gasteiger partial charge in [0.2, 0.25) is 5.95 Å². The fraction of sp³-hybridized carbons (Fsp3) is 0.500. The van der Waals surface area contributed by atoms with Crippen molar-refractivity contribution < 1.29 is 0 Å². The number of nitrogens with zero attached hydrogens (tertiary/aromatic N) is 4. The van der Waals surface area contributed by atoms with E-state index in [1.807, 2.05) is 18.7 Å². The lowest BCUT2D eigenvalue weighted by atomic mass is 10.2. The van der Waals surface area contributed by atoms with Gasteiger partial charge in [-0.15, -0.1) is 0 Å². The highest BCUT2D eigenvalue weighted by Crippen LogP contribution is 2.10. The molecule has 5 nitrogen and oxygen atoms in total. The molecule has 0 spiro atoms. The fourth-order valence-corrected chi connectivity index (χ4v) is 1.24. The molecule has 0 saturated carbocycles. The Morgan fingerprint density at radius 2 is 2.40 bits per heavy atom. The molecule has 0 aliphatic heterocycles. The van der Waals surface area contributed by atoms with Crippen LogP contribution in [0.25, 0.3) is 0 Å². The minimum Gasteiger partial charge on any atom is -0.384 e. The Morgan fingerprint density at radius 3 is 2.93 bits per heavy atom. The largest absolute Gasteiger partial charge is 0.384 e. The topological polar surface area (TPSA) is 78.8 Å². The molecule has 15 heavy (non-hydrogen) atoms. The van der Waals surface area contributed by atoms with Crippen LogP contribution in [0.2, 0.25) is 0 Å². The zero-order chi connectivity index (χ0) is 11.3. The normalized spacial score (nSPS) is 11.8. The monoisotopic (exact) mass is 205 g/mol. The van der Waals surface area contributed by atoms with Crippen LogP contribution in [0, 0.1) is 17.2 Å². The molecule has 1 aromatic rings. The van der Waals surface area contributed by atoms with Gasteiger partial charge >= 0.3 is 0 Å². The molecular weight excluding hydrogens is 190 g/mol. The maximum Gasteiger partial charge on any atom is 0.227 e. The molecule has 1 aromatic heterocycles. The van der Waals surface area contributed by atoms with E-state index in [1.165, 1.54) is 0 Å². The zero-order valence-electron chi connectivity index (χ0n) is 9.01. The van der Waals surface area contributed by atoms with Crippen LogP contribution in [0.3, 0.4) is 0 Å². The van der Waals surface area contributed by atoms with Crippen LogP contribution < -0.4 is 10.6 Å². The van der Waals surface area contributed by atoms with Crippen molar-refractivity contribution in [2.75, 3.05) is 23.7 Å². The molecule has 0 bridgehead atoms. The predicted molar refractivity (Wildman–Crippen MR) is 59.1 cm³/mol. The second-order valence-corrected chi connectivity index (χ2v) is 3.35. The first-order valence-electron chi connectivity index (χ1n) is 4.90. The van der Waals surface area contributed by atoms with E-state index in [1.54, 1.807) is 12.3 Å². The van der Waals surface area contributed by atoms with E-state index in [9.17, 15) is 0 Å². The third kappa shape index (κ3) is 3.09. The second kappa shape index (κ2) is 5.15. The molecule has 2 N–H and O–H groups in total. The van der Waals surface area contributed by atoms with E-state index >= 15 is 0 Å². The molecule has 0 aromatic carbocycles. The first-order chi connectivity index (χ1) is 7.17. The standard InChI is InChI=1S/C10H15N5/c1-3-15(7-8(2)6-11)10-13-5-4-9(12)14-10/h4-5,8H,3,7H2,1-2H3,(H2,12,13,14). The maximum absolute atomic E-state index is 8.74. The number of rotatable bonds is 4. The van der Waals surface area contributed by atoms with Crippen molar-refractivity contribution in [3.63, 3.8) is 0 Å². The van der Waals surface area contributed by atoms with Crippen LogP contribution in [0.1, 0.15) is 13.8 Å². The third-order valence-corrected chi connectivity index (χ3v) is 2.04. The van der Waals surface area contributed by atoms with E-state index in [2.05, 4.69) is 16.0 Å². The van der Waals surface area contributed by atoms with E-state index in [-0.39, 0.29) is 5.92 Å². The Hall–Kier alpha value is -1.83. The molecule has 0 saturated heterocycles. The first kappa shape index (κ1) is 11.2. The van der Waals surface area contributed by atoms with Gasteiger partial charge in [0.25, 0.3) is 0 Å². The van der Waals surface area contributed by atoms with Crippen molar-refractivity contribution in [1.29, 1.82) is 5.26 Å². The first-order valence-corrected chi connectivity index (χ1v) is 4.90. The van der Waals surface area contributed by atoms with Crippen molar-refractivity contribution in [3.05, 3.63) is 12.3 Å². The van der Waals surface area contributed by atoms with Crippen LogP contribution in [0.5, 0.6) is 0 Å². The summed E-state index contributed by atoms with van der Waals surface area (Å²) in [6.07, 6.45) is 1.62. The number of nitrogens with two attached hydrogens (primary N) is 1. The highest BCUT2D eigenvalue weighted by Gasteiger charge is 2.11. The number of anilines is 2. The number of nitriles is 1. The minimum absolute atomic E-state index is 0.0463. The molecule has 0 aliphatic rings. The lowest BCUT2D eigenvalue weighted by Crippen LogP contribution is -2.29. The van der Waals surface area contributed by atoms with Crippen LogP contribution in [-0.4, -0.2) is 23.1 Å². The SMILES string of the molecule is CCN(CC(C)C#N)c1nccc(N)n1. The molecular formula is C10H15N5. The van der Waals surface area contributed by atoms with Crippen LogP contribution in [0.15, 0.2) is 12.3 Å². The Morgan fingerprint density at radius 1 is 1.67 bits per heavy atom. The van der Waals surface area contributed by atoms with E-state index in [4.69, 9.17) is 11.0 Å². The van der Waals surface area contributed by atoms with Crippen molar-refractivity contribution in [2.24, 2.45) is 5.92 Å². The van der Waals surface area contributed by atoms with Gasteiger partial charge in [-0.05, 0) is 19.9 Å². The van der Waals surface area contributed by atoms with Gasteiger partial charge in [-0.2, -0.15) is 10.2 Å². The molecule has 5 heteroatoms. The second-order valence-electron chi connectivity index (χ2n) is 3.35. The minimum atomic E-state index is -0.0463. The number of nitrogen functional groups attached to an aromatic ring is 1. The van der Waals surface area contributed by atoms with Gasteiger partial charge in [-0.25, -0.2) is 4.98 Å². The number of aromatic nitrogens is 2. The molecule has 0 amide bonds. The Kier molecular flexibility index (Phi) is 3.86. The van der Waals surface area contributed by atoms with Crippen molar-refractivity contribution in [1.82, 2.24) is 9.97 Å². The zero-order valence-corrected chi connectivity index (χ0v) is 9.01. The van der Waals surface area contributed by atoms with Gasteiger partial charge in [0.15, 0.2) is 0 Å². The van der Waals surface area contributed by atoms with Crippen LogP contribution >= 0.6 is 0 Å². The highest BCUT2D eigenvalue weighted by atomic mass is 15.2. The van der Waals surface area contributed by atoms with Gasteiger partial charge in [0.05, 0.1) is 12.0 Å². The molecule has 80 valence electrons. The Labute approximate surface area is 89.6 Å². The summed E-state index contributed by atoms with van der Waals surface area (Å²) in [6, 6.07) is 3.83. The summed E-state index contributed by atoms with van der Waals surface area (Å²) in [5.74, 6) is 0.984. The van der Waals surface area contributed by atoms with Gasteiger partial charge in [0, 0.05) is 19.3 Å². The summed E-state index contributed by atoms with van der Waals surface area (Å²) >= 11 is 0. The average Bonchev–Trinajstić information content (AvgIpc) is 2.25. The molecule has 0 aliphatic carbocycles. The summed E-state index contributed by atoms with van der Waals surface area (Å²) in [5, 5.41) is 8.74. The molecule has 1 rings (SSSR count). The summed E-state index contributed by atoms with van der Waals surface area (Å²) in [4.78, 5) is 10.2. The van der Waals surface area contributed by atoms with Crippen molar-refractivity contribution in [2.45, 2.75) is 13.8 Å². The van der Waals surface area contributed by atoms with Gasteiger partial charge in [0.1, 0.15) is 5.82 Å². The van der Waals surface area contributed by atoms with E-state index in [0.717, 1.165) is 6.54 Å². The highest BCUT2D eigenvalue weighted by molar-refractivity contribution is 5.37. The smallest absolute Gasteiger partial charge is 0.227 e. The Bertz CT molecular complexity index is 357. The quantitative estimate of drug-likeness (QED) is 0.794. The van der Waals surface area contributed by atoms with Crippen LogP contribution in [0.4, 0.5) is 11.8 Å². The summed E-state index contributed by atoms with van der Waals surface area (Å²) in [7, 11) is 0. The summed E-state index contributed by atoms with van der Waals surface area (Å²) in [6.45, 7) is 5.25. The molecule has 0 fully saturated rings. The average molecular weight is 205 g/mol. The lowest BCUT2D eigenvalue weighted by molar-refractivity contribution is 0.671. The Balaban J connectivity index is 2.79. The molecule has 1 heterocycles. The molecule has 0 radical (unpaired) electrons. The van der Waals surface area contributed by atoms with Crippen molar-refractivity contribution >= 4 is 11.8 Å². The van der Waals surface area contributed by atoms with E-state index < -0.39 is 0 Å². The van der Waals surface area contributed by atoms with Crippen LogP contribution in [-0.2, 0) is 0 Å². The van der Waals surface area contributed by atoms with Gasteiger partial charge in [-0.3, -0.25) is 0 Å². The fourth-order valence-electron chi connectivity index (χ4n) is 1.24. The third-order valence-electron chi connectivity index (χ3n) is 2.04. The number of hydrogen-bond acceptors (Lipinski definition) is 5. The molecule has 1 atom stereocenters. The van der Waals surface area contributed by atoms with Crippen molar-refractivity contribution in [3.8, 4) is 6.07 Å². The summed E-state index contributed by atoms with van der Waals surface area (Å²) < 4.78 is 0. The summed E-state index contributed by atoms with van der Waals surface area (Å²) in [5.41, 5.74) is 5.57. The van der Waals surface area contributed by atoms with Gasteiger partial charge in [-0.1, -0.05) is 0 Å². The maximum atomic E-state index is 8.74. The predicted octanol–water partition coefficient (Wildman–Crippen LogP) is 1.04. The van der Waals surface area contributed by atoms with Gasteiger partial charge < -0.3 is 10.6 Å². The number of hydrogen-bond donors (Lipinski definition) is 1.